The van der Waals surface area contributed by atoms with Crippen LogP contribution in [0.15, 0.2) is 18.3 Å². The SMILES string of the molecule is CCOC1CCCN(C(=O)c2sc3ncccc3c2N)C1. The summed E-state index contributed by atoms with van der Waals surface area (Å²) >= 11 is 1.37. The monoisotopic (exact) mass is 305 g/mol. The molecule has 112 valence electrons. The van der Waals surface area contributed by atoms with Crippen LogP contribution in [0.1, 0.15) is 29.4 Å². The van der Waals surface area contributed by atoms with Crippen molar-refractivity contribution in [1.29, 1.82) is 0 Å². The Labute approximate surface area is 127 Å². The number of carbonyl (C=O) groups excluding carboxylic acids is 1. The molecular weight excluding hydrogens is 286 g/mol. The fourth-order valence-corrected chi connectivity index (χ4v) is 3.78. The molecule has 3 heterocycles. The van der Waals surface area contributed by atoms with E-state index in [1.165, 1.54) is 11.3 Å². The molecule has 21 heavy (non-hydrogen) atoms. The molecule has 0 radical (unpaired) electrons. The van der Waals surface area contributed by atoms with E-state index >= 15 is 0 Å². The number of thiophene rings is 1. The Morgan fingerprint density at radius 3 is 3.24 bits per heavy atom. The van der Waals surface area contributed by atoms with Gasteiger partial charge in [0.1, 0.15) is 9.71 Å². The van der Waals surface area contributed by atoms with Crippen LogP contribution in [-0.2, 0) is 4.74 Å². The molecule has 0 saturated carbocycles. The van der Waals surface area contributed by atoms with E-state index in [1.807, 2.05) is 24.0 Å². The fraction of sp³-hybridized carbons (Fsp3) is 0.467. The molecule has 1 atom stereocenters. The van der Waals surface area contributed by atoms with E-state index in [2.05, 4.69) is 4.98 Å². The Hall–Kier alpha value is -1.66. The molecule has 2 aromatic rings. The van der Waals surface area contributed by atoms with E-state index in [0.717, 1.165) is 29.6 Å². The van der Waals surface area contributed by atoms with Gasteiger partial charge in [0.2, 0.25) is 0 Å². The Morgan fingerprint density at radius 1 is 1.62 bits per heavy atom. The van der Waals surface area contributed by atoms with Crippen LogP contribution in [0.3, 0.4) is 0 Å². The number of hydrogen-bond acceptors (Lipinski definition) is 5. The number of pyridine rings is 1. The van der Waals surface area contributed by atoms with Gasteiger partial charge in [0.25, 0.3) is 5.91 Å². The van der Waals surface area contributed by atoms with Crippen LogP contribution in [0, 0.1) is 0 Å². The first-order valence-corrected chi connectivity index (χ1v) is 8.06. The van der Waals surface area contributed by atoms with E-state index < -0.39 is 0 Å². The average molecular weight is 305 g/mol. The number of ether oxygens (including phenoxy) is 1. The van der Waals surface area contributed by atoms with Crippen molar-refractivity contribution in [2.24, 2.45) is 0 Å². The van der Waals surface area contributed by atoms with Gasteiger partial charge in [-0.25, -0.2) is 4.98 Å². The summed E-state index contributed by atoms with van der Waals surface area (Å²) in [6.45, 7) is 4.08. The summed E-state index contributed by atoms with van der Waals surface area (Å²) in [7, 11) is 0. The molecule has 6 heteroatoms. The Kier molecular flexibility index (Phi) is 4.07. The standard InChI is InChI=1S/C15H19N3O2S/c1-2-20-10-5-4-8-18(9-10)15(19)13-12(16)11-6-3-7-17-14(11)21-13/h3,6-7,10H,2,4-5,8-9,16H2,1H3. The number of hydrogen-bond donors (Lipinski definition) is 1. The predicted molar refractivity (Wildman–Crippen MR) is 84.6 cm³/mol. The van der Waals surface area contributed by atoms with Crippen molar-refractivity contribution in [2.45, 2.75) is 25.9 Å². The molecule has 2 N–H and O–H groups in total. The number of anilines is 1. The number of fused-ring (bicyclic) bond motifs is 1. The molecule has 1 aliphatic heterocycles. The highest BCUT2D eigenvalue weighted by Crippen LogP contribution is 2.33. The summed E-state index contributed by atoms with van der Waals surface area (Å²) in [6, 6.07) is 3.75. The van der Waals surface area contributed by atoms with Gasteiger partial charge in [0, 0.05) is 31.3 Å². The molecule has 0 aromatic carbocycles. The van der Waals surface area contributed by atoms with E-state index in [1.54, 1.807) is 6.20 Å². The quantitative estimate of drug-likeness (QED) is 0.946. The van der Waals surface area contributed by atoms with Gasteiger partial charge < -0.3 is 15.4 Å². The zero-order valence-corrected chi connectivity index (χ0v) is 12.9. The number of rotatable bonds is 3. The van der Waals surface area contributed by atoms with Crippen LogP contribution < -0.4 is 5.73 Å². The molecular formula is C15H19N3O2S. The lowest BCUT2D eigenvalue weighted by Gasteiger charge is -2.32. The molecule has 3 rings (SSSR count). The maximum absolute atomic E-state index is 12.7. The van der Waals surface area contributed by atoms with Crippen LogP contribution >= 0.6 is 11.3 Å². The number of likely N-dealkylation sites (tertiary alicyclic amines) is 1. The van der Waals surface area contributed by atoms with Crippen molar-refractivity contribution < 1.29 is 9.53 Å². The zero-order chi connectivity index (χ0) is 14.8. The van der Waals surface area contributed by atoms with Crippen molar-refractivity contribution in [2.75, 3.05) is 25.4 Å². The number of nitrogens with zero attached hydrogens (tertiary/aromatic N) is 2. The van der Waals surface area contributed by atoms with E-state index in [4.69, 9.17) is 10.5 Å². The second kappa shape index (κ2) is 5.99. The van der Waals surface area contributed by atoms with Crippen LogP contribution in [0.4, 0.5) is 5.69 Å². The highest BCUT2D eigenvalue weighted by molar-refractivity contribution is 7.21. The molecule has 2 aromatic heterocycles. The zero-order valence-electron chi connectivity index (χ0n) is 12.0. The summed E-state index contributed by atoms with van der Waals surface area (Å²) in [4.78, 5) is 20.3. The largest absolute Gasteiger partial charge is 0.397 e. The molecule has 0 spiro atoms. The number of piperidine rings is 1. The minimum Gasteiger partial charge on any atom is -0.397 e. The minimum atomic E-state index is -0.0000898. The summed E-state index contributed by atoms with van der Waals surface area (Å²) in [5.41, 5.74) is 6.68. The molecule has 0 aliphatic carbocycles. The molecule has 1 fully saturated rings. The van der Waals surface area contributed by atoms with Crippen molar-refractivity contribution in [3.8, 4) is 0 Å². The van der Waals surface area contributed by atoms with Gasteiger partial charge in [-0.15, -0.1) is 11.3 Å². The number of carbonyl (C=O) groups is 1. The third-order valence-electron chi connectivity index (χ3n) is 3.77. The second-order valence-electron chi connectivity index (χ2n) is 5.17. The first-order chi connectivity index (χ1) is 10.2. The fourth-order valence-electron chi connectivity index (χ4n) is 2.75. The average Bonchev–Trinajstić information content (AvgIpc) is 2.85. The summed E-state index contributed by atoms with van der Waals surface area (Å²) in [6.07, 6.45) is 3.85. The summed E-state index contributed by atoms with van der Waals surface area (Å²) < 4.78 is 5.65. The first-order valence-electron chi connectivity index (χ1n) is 7.24. The third kappa shape index (κ3) is 2.73. The molecule has 1 unspecified atom stereocenters. The van der Waals surface area contributed by atoms with Crippen molar-refractivity contribution in [1.82, 2.24) is 9.88 Å². The number of nitrogens with two attached hydrogens (primary N) is 1. The maximum Gasteiger partial charge on any atom is 0.266 e. The molecule has 1 saturated heterocycles. The van der Waals surface area contributed by atoms with Gasteiger partial charge in [0.15, 0.2) is 0 Å². The van der Waals surface area contributed by atoms with E-state index in [9.17, 15) is 4.79 Å². The van der Waals surface area contributed by atoms with Gasteiger partial charge in [-0.1, -0.05) is 0 Å². The summed E-state index contributed by atoms with van der Waals surface area (Å²) in [5.74, 6) is -0.0000898. The molecule has 1 amide bonds. The molecule has 0 bridgehead atoms. The van der Waals surface area contributed by atoms with Crippen molar-refractivity contribution >= 4 is 33.1 Å². The second-order valence-corrected chi connectivity index (χ2v) is 6.17. The van der Waals surface area contributed by atoms with Gasteiger partial charge >= 0.3 is 0 Å². The van der Waals surface area contributed by atoms with Crippen molar-refractivity contribution in [3.63, 3.8) is 0 Å². The lowest BCUT2D eigenvalue weighted by atomic mass is 10.1. The number of amides is 1. The van der Waals surface area contributed by atoms with Crippen LogP contribution in [0.2, 0.25) is 0 Å². The molecule has 1 aliphatic rings. The van der Waals surface area contributed by atoms with Crippen LogP contribution in [0.25, 0.3) is 10.2 Å². The lowest BCUT2D eigenvalue weighted by Crippen LogP contribution is -2.43. The predicted octanol–water partition coefficient (Wildman–Crippen LogP) is 2.52. The Bertz CT molecular complexity index is 653. The Morgan fingerprint density at radius 2 is 2.48 bits per heavy atom. The number of aromatic nitrogens is 1. The van der Waals surface area contributed by atoms with E-state index in [0.29, 0.717) is 23.7 Å². The lowest BCUT2D eigenvalue weighted by molar-refractivity contribution is 0.00746. The highest BCUT2D eigenvalue weighted by atomic mass is 32.1. The molecule has 5 nitrogen and oxygen atoms in total. The third-order valence-corrected chi connectivity index (χ3v) is 4.88. The maximum atomic E-state index is 12.7. The van der Waals surface area contributed by atoms with Gasteiger partial charge in [-0.05, 0) is 31.9 Å². The van der Waals surface area contributed by atoms with E-state index in [-0.39, 0.29) is 12.0 Å². The topological polar surface area (TPSA) is 68.5 Å². The smallest absolute Gasteiger partial charge is 0.266 e. The summed E-state index contributed by atoms with van der Waals surface area (Å²) in [5, 5.41) is 0.865. The van der Waals surface area contributed by atoms with Gasteiger partial charge in [-0.3, -0.25) is 4.79 Å². The highest BCUT2D eigenvalue weighted by Gasteiger charge is 2.27. The van der Waals surface area contributed by atoms with Crippen molar-refractivity contribution in [3.05, 3.63) is 23.2 Å². The van der Waals surface area contributed by atoms with Gasteiger partial charge in [0.05, 0.1) is 11.8 Å². The minimum absolute atomic E-state index is 0.0000898. The van der Waals surface area contributed by atoms with Crippen LogP contribution in [-0.4, -0.2) is 41.6 Å². The van der Waals surface area contributed by atoms with Crippen LogP contribution in [0.5, 0.6) is 0 Å². The Balaban J connectivity index is 1.84. The normalized spacial score (nSPS) is 19.1. The van der Waals surface area contributed by atoms with Gasteiger partial charge in [-0.2, -0.15) is 0 Å². The first kappa shape index (κ1) is 14.3. The number of nitrogen functional groups attached to an aromatic ring is 1.